The summed E-state index contributed by atoms with van der Waals surface area (Å²) in [6.07, 6.45) is 5.27. The van der Waals surface area contributed by atoms with E-state index in [0.717, 1.165) is 38.2 Å². The molecule has 0 spiro atoms. The van der Waals surface area contributed by atoms with Crippen molar-refractivity contribution >= 4 is 11.9 Å². The van der Waals surface area contributed by atoms with Gasteiger partial charge in [-0.2, -0.15) is 0 Å². The number of piperidine rings is 1. The van der Waals surface area contributed by atoms with Gasteiger partial charge in [0.25, 0.3) is 0 Å². The van der Waals surface area contributed by atoms with E-state index in [9.17, 15) is 9.59 Å². The minimum Gasteiger partial charge on any atom is -0.343 e. The molecule has 3 amide bonds. The predicted molar refractivity (Wildman–Crippen MR) is 92.4 cm³/mol. The highest BCUT2D eigenvalue weighted by atomic mass is 16.2. The fraction of sp³-hybridized carbons (Fsp3) is 0.706. The fourth-order valence-electron chi connectivity index (χ4n) is 3.21. The Hall–Kier alpha value is -2.05. The number of rotatable bonds is 6. The SMILES string of the molecule is CCN(CC)C(=O)[C@H]1CCCN(C(=O)NCc2cncn2CC)C1. The van der Waals surface area contributed by atoms with Crippen molar-refractivity contribution in [1.82, 2.24) is 24.7 Å². The van der Waals surface area contributed by atoms with Crippen LogP contribution in [0.1, 0.15) is 39.3 Å². The molecule has 0 saturated carbocycles. The standard InChI is InChI=1S/C17H29N5O2/c1-4-20(5-2)16(23)14-8-7-9-22(12-14)17(24)19-11-15-10-18-13-21(15)6-3/h10,13-14H,4-9,11-12H2,1-3H3,(H,19,24)/t14-/m0/s1. The average molecular weight is 335 g/mol. The molecule has 0 aromatic carbocycles. The third-order valence-electron chi connectivity index (χ3n) is 4.69. The Morgan fingerprint density at radius 1 is 1.33 bits per heavy atom. The van der Waals surface area contributed by atoms with Crippen LogP contribution in [0.3, 0.4) is 0 Å². The van der Waals surface area contributed by atoms with Gasteiger partial charge >= 0.3 is 6.03 Å². The summed E-state index contributed by atoms with van der Waals surface area (Å²) in [5.41, 5.74) is 0.985. The molecule has 1 aromatic rings. The molecule has 7 heteroatoms. The molecule has 134 valence electrons. The number of hydrogen-bond acceptors (Lipinski definition) is 3. The smallest absolute Gasteiger partial charge is 0.317 e. The van der Waals surface area contributed by atoms with Gasteiger partial charge in [0.05, 0.1) is 24.5 Å². The molecule has 0 aliphatic carbocycles. The number of carbonyl (C=O) groups excluding carboxylic acids is 2. The second kappa shape index (κ2) is 8.70. The van der Waals surface area contributed by atoms with Gasteiger partial charge < -0.3 is 19.7 Å². The van der Waals surface area contributed by atoms with E-state index in [4.69, 9.17) is 0 Å². The van der Waals surface area contributed by atoms with Crippen LogP contribution in [0.25, 0.3) is 0 Å². The van der Waals surface area contributed by atoms with Gasteiger partial charge in [-0.25, -0.2) is 9.78 Å². The molecule has 1 aliphatic heterocycles. The Morgan fingerprint density at radius 3 is 2.75 bits per heavy atom. The summed E-state index contributed by atoms with van der Waals surface area (Å²) in [5.74, 6) is 0.0899. The molecule has 0 unspecified atom stereocenters. The number of likely N-dealkylation sites (tertiary alicyclic amines) is 1. The van der Waals surface area contributed by atoms with Crippen LogP contribution >= 0.6 is 0 Å². The molecule has 2 rings (SSSR count). The number of aryl methyl sites for hydroxylation is 1. The van der Waals surface area contributed by atoms with E-state index in [-0.39, 0.29) is 17.9 Å². The van der Waals surface area contributed by atoms with E-state index in [0.29, 0.717) is 19.6 Å². The lowest BCUT2D eigenvalue weighted by Gasteiger charge is -2.34. The number of amides is 3. The van der Waals surface area contributed by atoms with Gasteiger partial charge in [-0.3, -0.25) is 4.79 Å². The molecule has 1 aromatic heterocycles. The summed E-state index contributed by atoms with van der Waals surface area (Å²) >= 11 is 0. The van der Waals surface area contributed by atoms with Gasteiger partial charge in [-0.05, 0) is 33.6 Å². The number of carbonyl (C=O) groups is 2. The average Bonchev–Trinajstić information content (AvgIpc) is 3.08. The number of nitrogens with one attached hydrogen (secondary N) is 1. The Kier molecular flexibility index (Phi) is 6.63. The van der Waals surface area contributed by atoms with Crippen molar-refractivity contribution in [2.75, 3.05) is 26.2 Å². The van der Waals surface area contributed by atoms with Gasteiger partial charge in [0.1, 0.15) is 0 Å². The quantitative estimate of drug-likeness (QED) is 0.860. The highest BCUT2D eigenvalue weighted by Gasteiger charge is 2.30. The van der Waals surface area contributed by atoms with Crippen molar-refractivity contribution in [2.45, 2.75) is 46.7 Å². The minimum atomic E-state index is -0.101. The Morgan fingerprint density at radius 2 is 2.08 bits per heavy atom. The third kappa shape index (κ3) is 4.27. The highest BCUT2D eigenvalue weighted by molar-refractivity contribution is 5.81. The van der Waals surface area contributed by atoms with Crippen LogP contribution in [-0.2, 0) is 17.9 Å². The zero-order valence-corrected chi connectivity index (χ0v) is 15.0. The number of imidazole rings is 1. The first kappa shape index (κ1) is 18.3. The van der Waals surface area contributed by atoms with Crippen LogP contribution in [0, 0.1) is 5.92 Å². The van der Waals surface area contributed by atoms with Crippen molar-refractivity contribution < 1.29 is 9.59 Å². The number of hydrogen-bond donors (Lipinski definition) is 1. The molecule has 0 bridgehead atoms. The number of nitrogens with zero attached hydrogens (tertiary/aromatic N) is 4. The topological polar surface area (TPSA) is 70.5 Å². The van der Waals surface area contributed by atoms with Gasteiger partial charge in [-0.15, -0.1) is 0 Å². The zero-order valence-electron chi connectivity index (χ0n) is 15.0. The van der Waals surface area contributed by atoms with Crippen LogP contribution in [0.5, 0.6) is 0 Å². The maximum atomic E-state index is 12.5. The Bertz CT molecular complexity index is 553. The third-order valence-corrected chi connectivity index (χ3v) is 4.69. The molecule has 1 saturated heterocycles. The summed E-state index contributed by atoms with van der Waals surface area (Å²) in [5, 5.41) is 2.95. The lowest BCUT2D eigenvalue weighted by Crippen LogP contribution is -2.49. The highest BCUT2D eigenvalue weighted by Crippen LogP contribution is 2.19. The second-order valence-corrected chi connectivity index (χ2v) is 6.13. The molecule has 24 heavy (non-hydrogen) atoms. The van der Waals surface area contributed by atoms with Crippen molar-refractivity contribution in [2.24, 2.45) is 5.92 Å². The molecular formula is C17H29N5O2. The molecular weight excluding hydrogens is 306 g/mol. The van der Waals surface area contributed by atoms with Crippen molar-refractivity contribution in [3.8, 4) is 0 Å². The Balaban J connectivity index is 1.89. The summed E-state index contributed by atoms with van der Waals surface area (Å²) in [6, 6.07) is -0.101. The lowest BCUT2D eigenvalue weighted by atomic mass is 9.96. The number of aromatic nitrogens is 2. The van der Waals surface area contributed by atoms with E-state index in [2.05, 4.69) is 10.3 Å². The molecule has 1 aliphatic rings. The zero-order chi connectivity index (χ0) is 17.5. The van der Waals surface area contributed by atoms with E-state index < -0.39 is 0 Å². The van der Waals surface area contributed by atoms with Crippen molar-refractivity contribution in [1.29, 1.82) is 0 Å². The van der Waals surface area contributed by atoms with Crippen LogP contribution < -0.4 is 5.32 Å². The second-order valence-electron chi connectivity index (χ2n) is 6.13. The van der Waals surface area contributed by atoms with Gasteiger partial charge in [0.15, 0.2) is 0 Å². The lowest BCUT2D eigenvalue weighted by molar-refractivity contribution is -0.136. The van der Waals surface area contributed by atoms with E-state index in [1.807, 2.05) is 30.2 Å². The molecule has 1 atom stereocenters. The maximum Gasteiger partial charge on any atom is 0.317 e. The summed E-state index contributed by atoms with van der Waals surface area (Å²) in [4.78, 5) is 32.7. The molecule has 1 fully saturated rings. The monoisotopic (exact) mass is 335 g/mol. The molecule has 0 radical (unpaired) electrons. The van der Waals surface area contributed by atoms with Crippen LogP contribution in [0.2, 0.25) is 0 Å². The summed E-state index contributed by atoms with van der Waals surface area (Å²) in [6.45, 7) is 9.97. The van der Waals surface area contributed by atoms with Crippen molar-refractivity contribution in [3.63, 3.8) is 0 Å². The van der Waals surface area contributed by atoms with E-state index in [1.54, 1.807) is 17.4 Å². The number of urea groups is 1. The van der Waals surface area contributed by atoms with Gasteiger partial charge in [0.2, 0.25) is 5.91 Å². The van der Waals surface area contributed by atoms with Crippen LogP contribution in [0.4, 0.5) is 4.79 Å². The van der Waals surface area contributed by atoms with Gasteiger partial charge in [-0.1, -0.05) is 0 Å². The van der Waals surface area contributed by atoms with E-state index in [1.165, 1.54) is 0 Å². The first-order valence-corrected chi connectivity index (χ1v) is 8.91. The predicted octanol–water partition coefficient (Wildman–Crippen LogP) is 1.69. The van der Waals surface area contributed by atoms with Gasteiger partial charge in [0, 0.05) is 38.9 Å². The maximum absolute atomic E-state index is 12.5. The molecule has 1 N–H and O–H groups in total. The van der Waals surface area contributed by atoms with E-state index >= 15 is 0 Å². The summed E-state index contributed by atoms with van der Waals surface area (Å²) < 4.78 is 2.00. The molecule has 7 nitrogen and oxygen atoms in total. The largest absolute Gasteiger partial charge is 0.343 e. The minimum absolute atomic E-state index is 0.0782. The first-order chi connectivity index (χ1) is 11.6. The van der Waals surface area contributed by atoms with Crippen LogP contribution in [0.15, 0.2) is 12.5 Å². The molecule has 2 heterocycles. The Labute approximate surface area is 144 Å². The first-order valence-electron chi connectivity index (χ1n) is 8.91. The normalized spacial score (nSPS) is 17.6. The van der Waals surface area contributed by atoms with Crippen molar-refractivity contribution in [3.05, 3.63) is 18.2 Å². The summed E-state index contributed by atoms with van der Waals surface area (Å²) in [7, 11) is 0. The fourth-order valence-corrected chi connectivity index (χ4v) is 3.21. The van der Waals surface area contributed by atoms with Crippen LogP contribution in [-0.4, -0.2) is 57.5 Å².